The molecule has 0 saturated carbocycles. The summed E-state index contributed by atoms with van der Waals surface area (Å²) in [5, 5.41) is 3.54. The van der Waals surface area contributed by atoms with Crippen LogP contribution < -0.4 is 5.32 Å². The van der Waals surface area contributed by atoms with Crippen molar-refractivity contribution in [1.29, 1.82) is 0 Å². The van der Waals surface area contributed by atoms with Crippen LogP contribution in [0.15, 0.2) is 29.2 Å². The molecule has 1 amide bonds. The number of thioether (sulfide) groups is 1. The number of hydrogen-bond acceptors (Lipinski definition) is 4. The third-order valence-electron chi connectivity index (χ3n) is 3.22. The number of carbonyl (C=O) groups excluding carboxylic acids is 1. The van der Waals surface area contributed by atoms with Gasteiger partial charge in [0.15, 0.2) is 6.10 Å². The minimum absolute atomic E-state index is 0.0406. The van der Waals surface area contributed by atoms with Gasteiger partial charge in [0.1, 0.15) is 0 Å². The van der Waals surface area contributed by atoms with Gasteiger partial charge in [-0.3, -0.25) is 4.79 Å². The van der Waals surface area contributed by atoms with Crippen LogP contribution in [-0.4, -0.2) is 37.1 Å². The molecule has 5 heteroatoms. The van der Waals surface area contributed by atoms with E-state index < -0.39 is 6.10 Å². The summed E-state index contributed by atoms with van der Waals surface area (Å²) < 4.78 is 10.7. The Kier molecular flexibility index (Phi) is 6.08. The van der Waals surface area contributed by atoms with Crippen LogP contribution in [0.4, 0.5) is 0 Å². The smallest absolute Gasteiger partial charge is 0.252 e. The van der Waals surface area contributed by atoms with Gasteiger partial charge in [-0.1, -0.05) is 26.0 Å². The lowest BCUT2D eigenvalue weighted by Crippen LogP contribution is -2.43. The molecule has 1 aliphatic heterocycles. The lowest BCUT2D eigenvalue weighted by atomic mass is 10.1. The van der Waals surface area contributed by atoms with Crippen molar-refractivity contribution in [3.63, 3.8) is 0 Å². The van der Waals surface area contributed by atoms with Gasteiger partial charge in [0.25, 0.3) is 5.91 Å². The van der Waals surface area contributed by atoms with E-state index >= 15 is 0 Å². The summed E-state index contributed by atoms with van der Waals surface area (Å²) in [6.45, 7) is 7.71. The van der Waals surface area contributed by atoms with Gasteiger partial charge in [-0.2, -0.15) is 0 Å². The molecule has 1 aliphatic rings. The highest BCUT2D eigenvalue weighted by Gasteiger charge is 2.24. The summed E-state index contributed by atoms with van der Waals surface area (Å²) in [6, 6.07) is 8.29. The van der Waals surface area contributed by atoms with E-state index in [0.29, 0.717) is 25.1 Å². The predicted octanol–water partition coefficient (Wildman–Crippen LogP) is 2.78. The molecule has 116 valence electrons. The molecule has 1 N–H and O–H groups in total. The highest BCUT2D eigenvalue weighted by Crippen LogP contribution is 2.24. The van der Waals surface area contributed by atoms with Gasteiger partial charge < -0.3 is 14.8 Å². The highest BCUT2D eigenvalue weighted by atomic mass is 32.2. The molecule has 1 aromatic rings. The highest BCUT2D eigenvalue weighted by molar-refractivity contribution is 7.99. The summed E-state index contributed by atoms with van der Waals surface area (Å²) in [4.78, 5) is 13.3. The third-order valence-corrected chi connectivity index (χ3v) is 4.23. The zero-order chi connectivity index (χ0) is 15.2. The Labute approximate surface area is 130 Å². The first kappa shape index (κ1) is 16.3. The van der Waals surface area contributed by atoms with Crippen molar-refractivity contribution in [2.75, 3.05) is 19.8 Å². The molecule has 0 spiro atoms. The lowest BCUT2D eigenvalue weighted by Gasteiger charge is -2.24. The number of benzene rings is 1. The van der Waals surface area contributed by atoms with Crippen molar-refractivity contribution in [2.24, 2.45) is 0 Å². The summed E-state index contributed by atoms with van der Waals surface area (Å²) in [5.74, 6) is -0.108. The first-order valence-electron chi connectivity index (χ1n) is 7.32. The molecular formula is C16H23NO3S. The van der Waals surface area contributed by atoms with Gasteiger partial charge in [-0.05, 0) is 24.6 Å². The second kappa shape index (κ2) is 7.82. The molecule has 0 bridgehead atoms. The Morgan fingerprint density at radius 1 is 1.24 bits per heavy atom. The SMILES string of the molecule is CC(C)Sc1ccc([C@H](C)NC(=O)[C@H]2COCCO2)cc1. The molecule has 1 saturated heterocycles. The Bertz CT molecular complexity index is 455. The molecule has 2 atom stereocenters. The van der Waals surface area contributed by atoms with E-state index in [-0.39, 0.29) is 11.9 Å². The van der Waals surface area contributed by atoms with E-state index in [1.54, 1.807) is 0 Å². The van der Waals surface area contributed by atoms with Crippen LogP contribution in [0.5, 0.6) is 0 Å². The standard InChI is InChI=1S/C16H23NO3S/c1-11(2)21-14-6-4-13(5-7-14)12(3)17-16(18)15-10-19-8-9-20-15/h4-7,11-12,15H,8-10H2,1-3H3,(H,17,18)/t12-,15+/m0/s1. The van der Waals surface area contributed by atoms with E-state index in [1.807, 2.05) is 18.7 Å². The van der Waals surface area contributed by atoms with Gasteiger partial charge >= 0.3 is 0 Å². The molecule has 0 aromatic heterocycles. The van der Waals surface area contributed by atoms with Crippen LogP contribution in [-0.2, 0) is 14.3 Å². The maximum absolute atomic E-state index is 12.1. The number of amides is 1. The van der Waals surface area contributed by atoms with Gasteiger partial charge in [-0.15, -0.1) is 11.8 Å². The van der Waals surface area contributed by atoms with Crippen LogP contribution >= 0.6 is 11.8 Å². The topological polar surface area (TPSA) is 47.6 Å². The maximum Gasteiger partial charge on any atom is 0.252 e. The third kappa shape index (κ3) is 5.02. The Morgan fingerprint density at radius 2 is 1.95 bits per heavy atom. The van der Waals surface area contributed by atoms with Gasteiger partial charge in [0, 0.05) is 10.1 Å². The first-order valence-corrected chi connectivity index (χ1v) is 8.20. The fourth-order valence-electron chi connectivity index (χ4n) is 2.14. The Morgan fingerprint density at radius 3 is 2.52 bits per heavy atom. The average Bonchev–Trinajstić information content (AvgIpc) is 2.48. The zero-order valence-corrected chi connectivity index (χ0v) is 13.6. The molecule has 1 fully saturated rings. The van der Waals surface area contributed by atoms with Crippen molar-refractivity contribution in [1.82, 2.24) is 5.32 Å². The summed E-state index contributed by atoms with van der Waals surface area (Å²) in [5.41, 5.74) is 1.09. The van der Waals surface area contributed by atoms with Crippen molar-refractivity contribution in [3.05, 3.63) is 29.8 Å². The lowest BCUT2D eigenvalue weighted by molar-refractivity contribution is -0.148. The van der Waals surface area contributed by atoms with E-state index in [1.165, 1.54) is 4.90 Å². The molecule has 2 rings (SSSR count). The zero-order valence-electron chi connectivity index (χ0n) is 12.8. The summed E-state index contributed by atoms with van der Waals surface area (Å²) >= 11 is 1.83. The largest absolute Gasteiger partial charge is 0.376 e. The van der Waals surface area contributed by atoms with Crippen molar-refractivity contribution in [3.8, 4) is 0 Å². The number of hydrogen-bond donors (Lipinski definition) is 1. The fraction of sp³-hybridized carbons (Fsp3) is 0.562. The van der Waals surface area contributed by atoms with Crippen molar-refractivity contribution < 1.29 is 14.3 Å². The number of rotatable bonds is 5. The van der Waals surface area contributed by atoms with E-state index in [9.17, 15) is 4.79 Å². The van der Waals surface area contributed by atoms with Crippen LogP contribution in [0, 0.1) is 0 Å². The normalized spacial score (nSPS) is 20.3. The Balaban J connectivity index is 1.90. The van der Waals surface area contributed by atoms with Crippen molar-refractivity contribution in [2.45, 2.75) is 43.1 Å². The quantitative estimate of drug-likeness (QED) is 0.850. The maximum atomic E-state index is 12.1. The molecule has 1 heterocycles. The first-order chi connectivity index (χ1) is 10.1. The minimum Gasteiger partial charge on any atom is -0.376 e. The average molecular weight is 309 g/mol. The number of ether oxygens (including phenoxy) is 2. The van der Waals surface area contributed by atoms with Crippen LogP contribution in [0.25, 0.3) is 0 Å². The second-order valence-corrected chi connectivity index (χ2v) is 7.05. The van der Waals surface area contributed by atoms with Crippen LogP contribution in [0.3, 0.4) is 0 Å². The van der Waals surface area contributed by atoms with Crippen LogP contribution in [0.1, 0.15) is 32.4 Å². The number of nitrogens with one attached hydrogen (secondary N) is 1. The van der Waals surface area contributed by atoms with Gasteiger partial charge in [-0.25, -0.2) is 0 Å². The van der Waals surface area contributed by atoms with E-state index in [2.05, 4.69) is 43.4 Å². The number of carbonyl (C=O) groups is 1. The Hall–Kier alpha value is -1.04. The van der Waals surface area contributed by atoms with E-state index in [0.717, 1.165) is 5.56 Å². The fourth-order valence-corrected chi connectivity index (χ4v) is 2.97. The predicted molar refractivity (Wildman–Crippen MR) is 84.6 cm³/mol. The van der Waals surface area contributed by atoms with Crippen molar-refractivity contribution >= 4 is 17.7 Å². The van der Waals surface area contributed by atoms with E-state index in [4.69, 9.17) is 9.47 Å². The molecule has 21 heavy (non-hydrogen) atoms. The summed E-state index contributed by atoms with van der Waals surface area (Å²) in [6.07, 6.45) is -0.489. The van der Waals surface area contributed by atoms with Gasteiger partial charge in [0.05, 0.1) is 25.9 Å². The molecule has 1 aromatic carbocycles. The summed E-state index contributed by atoms with van der Waals surface area (Å²) in [7, 11) is 0. The molecule has 0 unspecified atom stereocenters. The molecular weight excluding hydrogens is 286 g/mol. The van der Waals surface area contributed by atoms with Gasteiger partial charge in [0.2, 0.25) is 0 Å². The minimum atomic E-state index is -0.489. The molecule has 4 nitrogen and oxygen atoms in total. The molecule has 0 radical (unpaired) electrons. The van der Waals surface area contributed by atoms with Crippen LogP contribution in [0.2, 0.25) is 0 Å². The monoisotopic (exact) mass is 309 g/mol. The second-order valence-electron chi connectivity index (χ2n) is 5.40. The molecule has 0 aliphatic carbocycles.